The van der Waals surface area contributed by atoms with Gasteiger partial charge in [-0.25, -0.2) is 0 Å². The van der Waals surface area contributed by atoms with Gasteiger partial charge in [-0.2, -0.15) is 0 Å². The van der Waals surface area contributed by atoms with E-state index in [1.807, 2.05) is 18.2 Å². The lowest BCUT2D eigenvalue weighted by Crippen LogP contribution is -1.97. The zero-order valence-electron chi connectivity index (χ0n) is 7.13. The Balaban J connectivity index is 2.79. The highest BCUT2D eigenvalue weighted by Gasteiger charge is 2.06. The highest BCUT2D eigenvalue weighted by Crippen LogP contribution is 2.26. The lowest BCUT2D eigenvalue weighted by molar-refractivity contribution is 0.278. The summed E-state index contributed by atoms with van der Waals surface area (Å²) in [5, 5.41) is 8.77. The SMILES string of the molecule is C[C@H](CCO)c1ccccc1Br. The topological polar surface area (TPSA) is 20.2 Å². The van der Waals surface area contributed by atoms with Crippen LogP contribution < -0.4 is 0 Å². The smallest absolute Gasteiger partial charge is 0.0436 e. The number of hydrogen-bond donors (Lipinski definition) is 1. The molecule has 0 spiro atoms. The van der Waals surface area contributed by atoms with E-state index in [2.05, 4.69) is 28.9 Å². The molecular formula is C10H13BrO. The molecule has 1 rings (SSSR count). The van der Waals surface area contributed by atoms with E-state index in [1.165, 1.54) is 5.56 Å². The van der Waals surface area contributed by atoms with Crippen LogP contribution in [0.1, 0.15) is 24.8 Å². The van der Waals surface area contributed by atoms with Gasteiger partial charge in [-0.1, -0.05) is 41.1 Å². The van der Waals surface area contributed by atoms with Crippen molar-refractivity contribution in [3.8, 4) is 0 Å². The van der Waals surface area contributed by atoms with Crippen molar-refractivity contribution in [2.24, 2.45) is 0 Å². The van der Waals surface area contributed by atoms with Crippen LogP contribution in [0.5, 0.6) is 0 Å². The summed E-state index contributed by atoms with van der Waals surface area (Å²) >= 11 is 3.49. The first-order valence-electron chi connectivity index (χ1n) is 4.11. The Labute approximate surface area is 81.6 Å². The molecule has 1 nitrogen and oxygen atoms in total. The summed E-state index contributed by atoms with van der Waals surface area (Å²) in [6.07, 6.45) is 0.822. The molecule has 2 heteroatoms. The summed E-state index contributed by atoms with van der Waals surface area (Å²) in [5.41, 5.74) is 1.27. The second-order valence-corrected chi connectivity index (χ2v) is 3.79. The molecule has 0 aromatic heterocycles. The third-order valence-electron chi connectivity index (χ3n) is 2.00. The van der Waals surface area contributed by atoms with Gasteiger partial charge in [-0.15, -0.1) is 0 Å². The molecule has 66 valence electrons. The van der Waals surface area contributed by atoms with E-state index in [-0.39, 0.29) is 6.61 Å². The normalized spacial score (nSPS) is 12.9. The van der Waals surface area contributed by atoms with Crippen LogP contribution in [0.3, 0.4) is 0 Å². The van der Waals surface area contributed by atoms with Crippen molar-refractivity contribution < 1.29 is 5.11 Å². The van der Waals surface area contributed by atoms with Crippen molar-refractivity contribution >= 4 is 15.9 Å². The van der Waals surface area contributed by atoms with E-state index in [0.717, 1.165) is 10.9 Å². The van der Waals surface area contributed by atoms with Crippen LogP contribution in [0.15, 0.2) is 28.7 Å². The molecule has 0 aliphatic carbocycles. The Morgan fingerprint density at radius 3 is 2.67 bits per heavy atom. The molecular weight excluding hydrogens is 216 g/mol. The number of aliphatic hydroxyl groups excluding tert-OH is 1. The molecule has 0 heterocycles. The lowest BCUT2D eigenvalue weighted by Gasteiger charge is -2.11. The molecule has 0 saturated carbocycles. The van der Waals surface area contributed by atoms with Crippen LogP contribution in [-0.4, -0.2) is 11.7 Å². The molecule has 0 radical (unpaired) electrons. The quantitative estimate of drug-likeness (QED) is 0.844. The van der Waals surface area contributed by atoms with E-state index < -0.39 is 0 Å². The molecule has 0 saturated heterocycles. The molecule has 1 atom stereocenters. The van der Waals surface area contributed by atoms with Gasteiger partial charge in [0.15, 0.2) is 0 Å². The van der Waals surface area contributed by atoms with Crippen LogP contribution in [-0.2, 0) is 0 Å². The molecule has 0 fully saturated rings. The van der Waals surface area contributed by atoms with Gasteiger partial charge in [0.05, 0.1) is 0 Å². The van der Waals surface area contributed by atoms with E-state index in [9.17, 15) is 0 Å². The van der Waals surface area contributed by atoms with E-state index in [0.29, 0.717) is 5.92 Å². The van der Waals surface area contributed by atoms with Crippen molar-refractivity contribution in [2.75, 3.05) is 6.61 Å². The van der Waals surface area contributed by atoms with Crippen LogP contribution in [0.4, 0.5) is 0 Å². The highest BCUT2D eigenvalue weighted by atomic mass is 79.9. The zero-order chi connectivity index (χ0) is 8.97. The molecule has 1 aromatic carbocycles. The molecule has 0 unspecified atom stereocenters. The van der Waals surface area contributed by atoms with Crippen LogP contribution in [0, 0.1) is 0 Å². The van der Waals surface area contributed by atoms with E-state index >= 15 is 0 Å². The van der Waals surface area contributed by atoms with E-state index in [4.69, 9.17) is 5.11 Å². The third kappa shape index (κ3) is 2.32. The first kappa shape index (κ1) is 9.75. The van der Waals surface area contributed by atoms with Crippen molar-refractivity contribution in [3.05, 3.63) is 34.3 Å². The van der Waals surface area contributed by atoms with E-state index in [1.54, 1.807) is 0 Å². The number of aliphatic hydroxyl groups is 1. The molecule has 0 amide bonds. The Bertz CT molecular complexity index is 247. The summed E-state index contributed by atoms with van der Waals surface area (Å²) in [6, 6.07) is 8.14. The number of hydrogen-bond acceptors (Lipinski definition) is 1. The van der Waals surface area contributed by atoms with Gasteiger partial charge in [0.25, 0.3) is 0 Å². The van der Waals surface area contributed by atoms with Crippen molar-refractivity contribution in [1.82, 2.24) is 0 Å². The number of benzene rings is 1. The second-order valence-electron chi connectivity index (χ2n) is 2.93. The fourth-order valence-electron chi connectivity index (χ4n) is 1.22. The zero-order valence-corrected chi connectivity index (χ0v) is 8.71. The molecule has 0 aliphatic rings. The summed E-state index contributed by atoms with van der Waals surface area (Å²) in [4.78, 5) is 0. The Kier molecular flexibility index (Phi) is 3.76. The Morgan fingerprint density at radius 2 is 2.08 bits per heavy atom. The number of halogens is 1. The minimum absolute atomic E-state index is 0.252. The maximum Gasteiger partial charge on any atom is 0.0436 e. The summed E-state index contributed by atoms with van der Waals surface area (Å²) in [7, 11) is 0. The van der Waals surface area contributed by atoms with Crippen LogP contribution >= 0.6 is 15.9 Å². The average molecular weight is 229 g/mol. The monoisotopic (exact) mass is 228 g/mol. The summed E-state index contributed by atoms with van der Waals surface area (Å²) in [6.45, 7) is 2.37. The molecule has 1 aromatic rings. The van der Waals surface area contributed by atoms with Gasteiger partial charge < -0.3 is 5.11 Å². The largest absolute Gasteiger partial charge is 0.396 e. The van der Waals surface area contributed by atoms with Gasteiger partial charge in [0.1, 0.15) is 0 Å². The fraction of sp³-hybridized carbons (Fsp3) is 0.400. The first-order valence-corrected chi connectivity index (χ1v) is 4.90. The highest BCUT2D eigenvalue weighted by molar-refractivity contribution is 9.10. The average Bonchev–Trinajstić information content (AvgIpc) is 2.05. The van der Waals surface area contributed by atoms with Crippen LogP contribution in [0.2, 0.25) is 0 Å². The van der Waals surface area contributed by atoms with Crippen molar-refractivity contribution in [3.63, 3.8) is 0 Å². The molecule has 12 heavy (non-hydrogen) atoms. The summed E-state index contributed by atoms with van der Waals surface area (Å²) < 4.78 is 1.13. The molecule has 0 aliphatic heterocycles. The predicted molar refractivity (Wildman–Crippen MR) is 54.3 cm³/mol. The first-order chi connectivity index (χ1) is 5.75. The Morgan fingerprint density at radius 1 is 1.42 bits per heavy atom. The standard InChI is InChI=1S/C10H13BrO/c1-8(6-7-12)9-4-2-3-5-10(9)11/h2-5,8,12H,6-7H2,1H3/t8-/m1/s1. The molecule has 0 bridgehead atoms. The second kappa shape index (κ2) is 4.63. The van der Waals surface area contributed by atoms with Gasteiger partial charge in [-0.05, 0) is 24.0 Å². The van der Waals surface area contributed by atoms with Crippen LogP contribution in [0.25, 0.3) is 0 Å². The maximum absolute atomic E-state index is 8.77. The number of rotatable bonds is 3. The minimum Gasteiger partial charge on any atom is -0.396 e. The van der Waals surface area contributed by atoms with Gasteiger partial charge in [-0.3, -0.25) is 0 Å². The summed E-state index contributed by atoms with van der Waals surface area (Å²) in [5.74, 6) is 0.422. The Hall–Kier alpha value is -0.340. The predicted octanol–water partition coefficient (Wildman–Crippen LogP) is 2.94. The lowest BCUT2D eigenvalue weighted by atomic mass is 9.98. The van der Waals surface area contributed by atoms with Crippen molar-refractivity contribution in [2.45, 2.75) is 19.3 Å². The van der Waals surface area contributed by atoms with Gasteiger partial charge in [0, 0.05) is 11.1 Å². The van der Waals surface area contributed by atoms with Gasteiger partial charge >= 0.3 is 0 Å². The third-order valence-corrected chi connectivity index (χ3v) is 2.72. The minimum atomic E-state index is 0.252. The van der Waals surface area contributed by atoms with Crippen molar-refractivity contribution in [1.29, 1.82) is 0 Å². The maximum atomic E-state index is 8.77. The fourth-order valence-corrected chi connectivity index (χ4v) is 1.90. The molecule has 1 N–H and O–H groups in total. The van der Waals surface area contributed by atoms with Gasteiger partial charge in [0.2, 0.25) is 0 Å².